The summed E-state index contributed by atoms with van der Waals surface area (Å²) in [5.41, 5.74) is 1.37. The van der Waals surface area contributed by atoms with E-state index in [2.05, 4.69) is 36.9 Å². The SMILES string of the molecule is Cc1ccc2c(c1Br)[C@@]1(NC(=O)c3cccnc3N1)C(=O)N2. The van der Waals surface area contributed by atoms with Crippen LogP contribution < -0.4 is 16.0 Å². The van der Waals surface area contributed by atoms with Gasteiger partial charge in [0.1, 0.15) is 5.82 Å². The van der Waals surface area contributed by atoms with Crippen LogP contribution in [-0.4, -0.2) is 16.8 Å². The van der Waals surface area contributed by atoms with Crippen molar-refractivity contribution in [3.05, 3.63) is 51.6 Å². The first-order valence-electron chi connectivity index (χ1n) is 6.70. The lowest BCUT2D eigenvalue weighted by Gasteiger charge is -2.35. The van der Waals surface area contributed by atoms with Gasteiger partial charge in [0.25, 0.3) is 11.8 Å². The maximum absolute atomic E-state index is 12.6. The zero-order valence-electron chi connectivity index (χ0n) is 11.5. The highest BCUT2D eigenvalue weighted by Gasteiger charge is 2.52. The van der Waals surface area contributed by atoms with Crippen molar-refractivity contribution in [1.29, 1.82) is 0 Å². The molecule has 0 radical (unpaired) electrons. The summed E-state index contributed by atoms with van der Waals surface area (Å²) in [6.07, 6.45) is 1.58. The van der Waals surface area contributed by atoms with Gasteiger partial charge in [-0.25, -0.2) is 4.98 Å². The third-order valence-corrected chi connectivity index (χ3v) is 4.98. The average molecular weight is 359 g/mol. The van der Waals surface area contributed by atoms with Crippen LogP contribution in [-0.2, 0) is 10.5 Å². The number of halogens is 1. The summed E-state index contributed by atoms with van der Waals surface area (Å²) in [6, 6.07) is 7.07. The Labute approximate surface area is 134 Å². The minimum absolute atomic E-state index is 0.335. The standard InChI is InChI=1S/C15H11BrN4O2/c1-7-4-5-9-10(11(7)16)15(14(22)18-9)19-12-8(13(21)20-15)3-2-6-17-12/h2-6H,1H3,(H,17,19)(H,18,22)(H,20,21)/t15-/m1/s1. The largest absolute Gasteiger partial charge is 0.335 e. The Morgan fingerprint density at radius 1 is 1.18 bits per heavy atom. The Bertz CT molecular complexity index is 851. The molecule has 1 aromatic heterocycles. The molecule has 1 spiro atoms. The number of carbonyl (C=O) groups is 2. The number of amides is 2. The van der Waals surface area contributed by atoms with E-state index in [4.69, 9.17) is 0 Å². The van der Waals surface area contributed by atoms with Gasteiger partial charge < -0.3 is 16.0 Å². The Kier molecular flexibility index (Phi) is 2.59. The van der Waals surface area contributed by atoms with Crippen molar-refractivity contribution in [2.45, 2.75) is 12.6 Å². The van der Waals surface area contributed by atoms with Crippen LogP contribution in [0.15, 0.2) is 34.9 Å². The summed E-state index contributed by atoms with van der Waals surface area (Å²) in [4.78, 5) is 29.2. The molecule has 22 heavy (non-hydrogen) atoms. The Balaban J connectivity index is 1.97. The Hall–Kier alpha value is -2.41. The lowest BCUT2D eigenvalue weighted by Crippen LogP contribution is -2.59. The summed E-state index contributed by atoms with van der Waals surface area (Å²) in [7, 11) is 0. The predicted molar refractivity (Wildman–Crippen MR) is 84.5 cm³/mol. The van der Waals surface area contributed by atoms with E-state index in [-0.39, 0.29) is 11.8 Å². The number of carbonyl (C=O) groups excluding carboxylic acids is 2. The van der Waals surface area contributed by atoms with Crippen molar-refractivity contribution in [2.24, 2.45) is 0 Å². The van der Waals surface area contributed by atoms with E-state index < -0.39 is 5.66 Å². The number of hydrogen-bond donors (Lipinski definition) is 3. The van der Waals surface area contributed by atoms with Crippen molar-refractivity contribution in [3.8, 4) is 0 Å². The van der Waals surface area contributed by atoms with E-state index in [0.717, 1.165) is 10.0 Å². The van der Waals surface area contributed by atoms with Crippen molar-refractivity contribution in [1.82, 2.24) is 10.3 Å². The van der Waals surface area contributed by atoms with Gasteiger partial charge in [-0.1, -0.05) is 6.07 Å². The molecule has 3 heterocycles. The van der Waals surface area contributed by atoms with Gasteiger partial charge in [0, 0.05) is 16.2 Å². The lowest BCUT2D eigenvalue weighted by atomic mass is 9.95. The molecular weight excluding hydrogens is 348 g/mol. The number of anilines is 2. The third-order valence-electron chi connectivity index (χ3n) is 3.96. The van der Waals surface area contributed by atoms with Crippen molar-refractivity contribution >= 4 is 39.2 Å². The summed E-state index contributed by atoms with van der Waals surface area (Å²) in [6.45, 7) is 1.93. The molecule has 0 unspecified atom stereocenters. The molecule has 0 saturated heterocycles. The maximum atomic E-state index is 12.6. The van der Waals surface area contributed by atoms with Gasteiger partial charge in [0.15, 0.2) is 0 Å². The van der Waals surface area contributed by atoms with Crippen LogP contribution in [0.3, 0.4) is 0 Å². The molecule has 6 nitrogen and oxygen atoms in total. The minimum atomic E-state index is -1.35. The van der Waals surface area contributed by atoms with Gasteiger partial charge in [-0.05, 0) is 46.6 Å². The zero-order valence-corrected chi connectivity index (χ0v) is 13.1. The van der Waals surface area contributed by atoms with Crippen LogP contribution in [0.4, 0.5) is 11.5 Å². The fraction of sp³-hybridized carbons (Fsp3) is 0.133. The second kappa shape index (κ2) is 4.30. The number of aromatic nitrogens is 1. The molecule has 0 bridgehead atoms. The van der Waals surface area contributed by atoms with Gasteiger partial charge >= 0.3 is 0 Å². The fourth-order valence-electron chi connectivity index (χ4n) is 2.85. The van der Waals surface area contributed by atoms with E-state index in [9.17, 15) is 9.59 Å². The van der Waals surface area contributed by atoms with Gasteiger partial charge in [0.05, 0.1) is 11.3 Å². The molecule has 4 rings (SSSR count). The molecule has 2 aliphatic heterocycles. The normalized spacial score (nSPS) is 21.7. The Morgan fingerprint density at radius 3 is 2.82 bits per heavy atom. The van der Waals surface area contributed by atoms with Crippen molar-refractivity contribution in [3.63, 3.8) is 0 Å². The highest BCUT2D eigenvalue weighted by Crippen LogP contribution is 2.44. The number of nitrogens with one attached hydrogen (secondary N) is 3. The third kappa shape index (κ3) is 1.57. The number of fused-ring (bicyclic) bond motifs is 3. The molecule has 0 saturated carbocycles. The van der Waals surface area contributed by atoms with Crippen molar-refractivity contribution in [2.75, 3.05) is 10.6 Å². The number of rotatable bonds is 0. The lowest BCUT2D eigenvalue weighted by molar-refractivity contribution is -0.120. The molecule has 1 atom stereocenters. The molecular formula is C15H11BrN4O2. The molecule has 2 aromatic rings. The van der Waals surface area contributed by atoms with Gasteiger partial charge in [-0.15, -0.1) is 0 Å². The quantitative estimate of drug-likeness (QED) is 0.673. The molecule has 1 aromatic carbocycles. The second-order valence-electron chi connectivity index (χ2n) is 5.30. The summed E-state index contributed by atoms with van der Waals surface area (Å²) in [5.74, 6) is -0.278. The van der Waals surface area contributed by atoms with Gasteiger partial charge in [-0.2, -0.15) is 0 Å². The molecule has 3 N–H and O–H groups in total. The Morgan fingerprint density at radius 2 is 2.00 bits per heavy atom. The van der Waals surface area contributed by atoms with Crippen LogP contribution in [0.2, 0.25) is 0 Å². The van der Waals surface area contributed by atoms with E-state index in [0.29, 0.717) is 22.6 Å². The molecule has 0 aliphatic carbocycles. The van der Waals surface area contributed by atoms with Crippen molar-refractivity contribution < 1.29 is 9.59 Å². The van der Waals surface area contributed by atoms with E-state index in [1.165, 1.54) is 0 Å². The first-order chi connectivity index (χ1) is 10.5. The van der Waals surface area contributed by atoms with E-state index in [1.807, 2.05) is 19.1 Å². The molecule has 7 heteroatoms. The predicted octanol–water partition coefficient (Wildman–Crippen LogP) is 2.11. The highest BCUT2D eigenvalue weighted by molar-refractivity contribution is 9.10. The number of nitrogens with zero attached hydrogens (tertiary/aromatic N) is 1. The first kappa shape index (κ1) is 13.3. The zero-order chi connectivity index (χ0) is 15.5. The molecule has 2 amide bonds. The van der Waals surface area contributed by atoms with Crippen LogP contribution in [0.5, 0.6) is 0 Å². The number of benzene rings is 1. The monoisotopic (exact) mass is 358 g/mol. The topological polar surface area (TPSA) is 83.1 Å². The summed E-state index contributed by atoms with van der Waals surface area (Å²) < 4.78 is 0.774. The van der Waals surface area contributed by atoms with Gasteiger partial charge in [0.2, 0.25) is 5.66 Å². The fourth-order valence-corrected chi connectivity index (χ4v) is 3.50. The molecule has 110 valence electrons. The van der Waals surface area contributed by atoms with Crippen LogP contribution in [0.25, 0.3) is 0 Å². The molecule has 0 fully saturated rings. The van der Waals surface area contributed by atoms with Crippen LogP contribution in [0, 0.1) is 6.92 Å². The summed E-state index contributed by atoms with van der Waals surface area (Å²) >= 11 is 3.53. The van der Waals surface area contributed by atoms with E-state index >= 15 is 0 Å². The molecule has 2 aliphatic rings. The number of pyridine rings is 1. The maximum Gasteiger partial charge on any atom is 0.276 e. The number of aryl methyl sites for hydroxylation is 1. The smallest absolute Gasteiger partial charge is 0.276 e. The highest BCUT2D eigenvalue weighted by atomic mass is 79.9. The van der Waals surface area contributed by atoms with E-state index in [1.54, 1.807) is 18.3 Å². The van der Waals surface area contributed by atoms with Crippen LogP contribution >= 0.6 is 15.9 Å². The minimum Gasteiger partial charge on any atom is -0.335 e. The number of hydrogen-bond acceptors (Lipinski definition) is 4. The average Bonchev–Trinajstić information content (AvgIpc) is 2.76. The second-order valence-corrected chi connectivity index (χ2v) is 6.09. The summed E-state index contributed by atoms with van der Waals surface area (Å²) in [5, 5.41) is 8.68. The van der Waals surface area contributed by atoms with Crippen LogP contribution in [0.1, 0.15) is 21.5 Å². The van der Waals surface area contributed by atoms with Gasteiger partial charge in [-0.3, -0.25) is 9.59 Å². The first-order valence-corrected chi connectivity index (χ1v) is 7.49.